The Kier molecular flexibility index (Phi) is 2.51. The molecule has 0 fully saturated rings. The lowest BCUT2D eigenvalue weighted by atomic mass is 10.0. The van der Waals surface area contributed by atoms with Gasteiger partial charge >= 0.3 is 0 Å². The molecule has 1 aliphatic rings. The van der Waals surface area contributed by atoms with Crippen LogP contribution in [0.4, 0.5) is 0 Å². The van der Waals surface area contributed by atoms with Gasteiger partial charge in [0, 0.05) is 11.8 Å². The predicted octanol–water partition coefficient (Wildman–Crippen LogP) is 3.39. The molecule has 0 spiro atoms. The van der Waals surface area contributed by atoms with Gasteiger partial charge in [0.2, 0.25) is 0 Å². The third-order valence-electron chi connectivity index (χ3n) is 2.21. The van der Waals surface area contributed by atoms with E-state index in [9.17, 15) is 0 Å². The lowest BCUT2D eigenvalue weighted by Gasteiger charge is -2.03. The van der Waals surface area contributed by atoms with Gasteiger partial charge in [0.1, 0.15) is 0 Å². The number of alkyl halides is 1. The summed E-state index contributed by atoms with van der Waals surface area (Å²) in [5.74, 6) is 0.974. The first-order valence-electron chi connectivity index (χ1n) is 4.32. The van der Waals surface area contributed by atoms with E-state index in [4.69, 9.17) is 11.6 Å². The Labute approximate surface area is 83.5 Å². The molecule has 0 aromatic heterocycles. The molecule has 1 heteroatoms. The molecule has 1 unspecified atom stereocenters. The van der Waals surface area contributed by atoms with Gasteiger partial charge in [-0.05, 0) is 23.3 Å². The van der Waals surface area contributed by atoms with E-state index >= 15 is 0 Å². The Bertz CT molecular complexity index is 350. The van der Waals surface area contributed by atoms with Crippen LogP contribution < -0.4 is 0 Å². The van der Waals surface area contributed by atoms with Gasteiger partial charge < -0.3 is 0 Å². The third kappa shape index (κ3) is 1.68. The summed E-state index contributed by atoms with van der Waals surface area (Å²) in [7, 11) is 0. The van der Waals surface area contributed by atoms with Crippen molar-refractivity contribution >= 4 is 17.7 Å². The van der Waals surface area contributed by atoms with Crippen molar-refractivity contribution in [1.29, 1.82) is 0 Å². The minimum absolute atomic E-state index is 0.395. The third-order valence-corrected chi connectivity index (χ3v) is 2.38. The number of fused-ring (bicyclic) bond motifs is 1. The van der Waals surface area contributed by atoms with Crippen molar-refractivity contribution in [2.45, 2.75) is 5.92 Å². The normalized spacial score (nSPS) is 19.6. The molecule has 65 valence electrons. The number of rotatable bonds is 2. The van der Waals surface area contributed by atoms with Crippen molar-refractivity contribution in [3.05, 3.63) is 53.6 Å². The first kappa shape index (κ1) is 8.58. The first-order valence-corrected chi connectivity index (χ1v) is 4.86. The number of benzene rings is 1. The van der Waals surface area contributed by atoms with Crippen molar-refractivity contribution in [3.8, 4) is 0 Å². The average Bonchev–Trinajstić information content (AvgIpc) is 2.58. The van der Waals surface area contributed by atoms with Gasteiger partial charge in [-0.2, -0.15) is 0 Å². The van der Waals surface area contributed by atoms with E-state index in [1.165, 1.54) is 11.1 Å². The van der Waals surface area contributed by atoms with E-state index in [2.05, 4.69) is 30.4 Å². The Morgan fingerprint density at radius 1 is 1.54 bits per heavy atom. The van der Waals surface area contributed by atoms with Crippen molar-refractivity contribution < 1.29 is 0 Å². The fraction of sp³-hybridized carbons (Fsp3) is 0.167. The van der Waals surface area contributed by atoms with Crippen LogP contribution in [0.15, 0.2) is 36.4 Å². The monoisotopic (exact) mass is 189 g/mol. The van der Waals surface area contributed by atoms with E-state index in [0.717, 1.165) is 0 Å². The van der Waals surface area contributed by atoms with Gasteiger partial charge in [-0.25, -0.2) is 0 Å². The highest BCUT2D eigenvalue weighted by Crippen LogP contribution is 2.30. The minimum Gasteiger partial charge on any atom is -0.122 e. The fourth-order valence-corrected chi connectivity index (χ4v) is 1.68. The standard InChI is InChI=1S/C12H10Cl/c13-9-3-5-11-8-7-10-4-1-2-6-12(10)11/h1,3-8,11H,9H2/b5-3+. The van der Waals surface area contributed by atoms with E-state index in [1.807, 2.05) is 18.2 Å². The second kappa shape index (κ2) is 3.80. The zero-order valence-corrected chi connectivity index (χ0v) is 7.96. The van der Waals surface area contributed by atoms with Crippen LogP contribution in [-0.2, 0) is 0 Å². The maximum absolute atomic E-state index is 5.59. The van der Waals surface area contributed by atoms with Crippen molar-refractivity contribution in [2.75, 3.05) is 5.88 Å². The van der Waals surface area contributed by atoms with Crippen LogP contribution in [0, 0.1) is 6.07 Å². The summed E-state index contributed by atoms with van der Waals surface area (Å²) in [6.45, 7) is 0. The highest BCUT2D eigenvalue weighted by atomic mass is 35.5. The molecule has 0 saturated heterocycles. The minimum atomic E-state index is 0.395. The van der Waals surface area contributed by atoms with E-state index in [-0.39, 0.29) is 0 Å². The maximum atomic E-state index is 5.59. The van der Waals surface area contributed by atoms with Crippen LogP contribution in [0.5, 0.6) is 0 Å². The van der Waals surface area contributed by atoms with E-state index < -0.39 is 0 Å². The van der Waals surface area contributed by atoms with Crippen molar-refractivity contribution in [3.63, 3.8) is 0 Å². The smallest absolute Gasteiger partial charge is 0.0404 e. The number of hydrogen-bond acceptors (Lipinski definition) is 0. The lowest BCUT2D eigenvalue weighted by Crippen LogP contribution is -1.88. The highest BCUT2D eigenvalue weighted by molar-refractivity contribution is 6.18. The summed E-state index contributed by atoms with van der Waals surface area (Å²) < 4.78 is 0. The highest BCUT2D eigenvalue weighted by Gasteiger charge is 2.12. The second-order valence-corrected chi connectivity index (χ2v) is 3.33. The molecule has 0 saturated carbocycles. The summed E-state index contributed by atoms with van der Waals surface area (Å²) in [6.07, 6.45) is 8.44. The molecule has 1 radical (unpaired) electrons. The zero-order valence-electron chi connectivity index (χ0n) is 7.20. The van der Waals surface area contributed by atoms with Crippen molar-refractivity contribution in [1.82, 2.24) is 0 Å². The van der Waals surface area contributed by atoms with Gasteiger partial charge in [-0.1, -0.05) is 36.4 Å². The molecular formula is C12H10Cl. The number of allylic oxidation sites excluding steroid dienone is 3. The molecule has 1 aromatic carbocycles. The summed E-state index contributed by atoms with van der Waals surface area (Å²) in [5, 5.41) is 0. The fourth-order valence-electron chi connectivity index (χ4n) is 1.57. The molecule has 2 rings (SSSR count). The average molecular weight is 190 g/mol. The predicted molar refractivity (Wildman–Crippen MR) is 56.9 cm³/mol. The molecule has 13 heavy (non-hydrogen) atoms. The molecule has 0 bridgehead atoms. The molecule has 1 aromatic rings. The lowest BCUT2D eigenvalue weighted by molar-refractivity contribution is 1.11. The molecule has 0 heterocycles. The van der Waals surface area contributed by atoms with Crippen LogP contribution in [0.2, 0.25) is 0 Å². The number of halogens is 1. The molecule has 0 amide bonds. The van der Waals surface area contributed by atoms with Crippen LogP contribution in [0.1, 0.15) is 17.0 Å². The Balaban J connectivity index is 2.28. The second-order valence-electron chi connectivity index (χ2n) is 3.02. The molecule has 1 atom stereocenters. The Hall–Kier alpha value is -1.01. The van der Waals surface area contributed by atoms with Gasteiger partial charge in [-0.15, -0.1) is 11.6 Å². The molecule has 0 N–H and O–H groups in total. The van der Waals surface area contributed by atoms with E-state index in [0.29, 0.717) is 11.8 Å². The molecule has 0 nitrogen and oxygen atoms in total. The SMILES string of the molecule is ClC/C=C/C1C=Cc2cc[c]cc21. The summed E-state index contributed by atoms with van der Waals surface area (Å²) >= 11 is 5.59. The quantitative estimate of drug-likeness (QED) is 0.494. The number of hydrogen-bond donors (Lipinski definition) is 0. The van der Waals surface area contributed by atoms with Crippen molar-refractivity contribution in [2.24, 2.45) is 0 Å². The Morgan fingerprint density at radius 2 is 2.46 bits per heavy atom. The Morgan fingerprint density at radius 3 is 3.31 bits per heavy atom. The van der Waals surface area contributed by atoms with Crippen LogP contribution >= 0.6 is 11.6 Å². The summed E-state index contributed by atoms with van der Waals surface area (Å²) in [4.78, 5) is 0. The summed E-state index contributed by atoms with van der Waals surface area (Å²) in [5.41, 5.74) is 2.62. The van der Waals surface area contributed by atoms with Gasteiger partial charge in [0.05, 0.1) is 0 Å². The molecular weight excluding hydrogens is 180 g/mol. The van der Waals surface area contributed by atoms with Gasteiger partial charge in [0.25, 0.3) is 0 Å². The molecule has 0 aliphatic heterocycles. The maximum Gasteiger partial charge on any atom is 0.0404 e. The van der Waals surface area contributed by atoms with E-state index in [1.54, 1.807) is 0 Å². The summed E-state index contributed by atoms with van der Waals surface area (Å²) in [6, 6.07) is 9.16. The van der Waals surface area contributed by atoms with Gasteiger partial charge in [0.15, 0.2) is 0 Å². The zero-order chi connectivity index (χ0) is 9.10. The van der Waals surface area contributed by atoms with Crippen LogP contribution in [0.3, 0.4) is 0 Å². The topological polar surface area (TPSA) is 0 Å². The largest absolute Gasteiger partial charge is 0.122 e. The first-order chi connectivity index (χ1) is 6.42. The van der Waals surface area contributed by atoms with Gasteiger partial charge in [-0.3, -0.25) is 0 Å². The van der Waals surface area contributed by atoms with Crippen LogP contribution in [0.25, 0.3) is 6.08 Å². The molecule has 1 aliphatic carbocycles. The van der Waals surface area contributed by atoms with Crippen LogP contribution in [-0.4, -0.2) is 5.88 Å².